The zero-order chi connectivity index (χ0) is 22.1. The molecule has 4 N–H and O–H groups in total. The lowest BCUT2D eigenvalue weighted by Crippen LogP contribution is -2.32. The predicted molar refractivity (Wildman–Crippen MR) is 121 cm³/mol. The first kappa shape index (κ1) is 22.9. The molecule has 30 heavy (non-hydrogen) atoms. The van der Waals surface area contributed by atoms with Crippen molar-refractivity contribution in [1.82, 2.24) is 5.32 Å². The first-order chi connectivity index (χ1) is 14.3. The summed E-state index contributed by atoms with van der Waals surface area (Å²) in [4.78, 5) is 36.3. The molecule has 0 aromatic heterocycles. The summed E-state index contributed by atoms with van der Waals surface area (Å²) in [6.45, 7) is 7.67. The predicted octanol–water partition coefficient (Wildman–Crippen LogP) is 3.92. The van der Waals surface area contributed by atoms with Gasteiger partial charge in [0, 0.05) is 35.1 Å². The molecule has 0 bridgehead atoms. The van der Waals surface area contributed by atoms with Gasteiger partial charge in [-0.3, -0.25) is 14.4 Å². The summed E-state index contributed by atoms with van der Waals surface area (Å²) in [6.07, 6.45) is 1.24. The maximum absolute atomic E-state index is 12.4. The van der Waals surface area contributed by atoms with Crippen LogP contribution < -0.4 is 21.3 Å². The lowest BCUT2D eigenvalue weighted by molar-refractivity contribution is -0.116. The molecule has 2 rings (SSSR count). The van der Waals surface area contributed by atoms with E-state index in [1.165, 1.54) is 0 Å². The molecule has 7 heteroatoms. The summed E-state index contributed by atoms with van der Waals surface area (Å²) in [5, 5.41) is 11.6. The van der Waals surface area contributed by atoms with E-state index in [0.29, 0.717) is 23.4 Å². The molecule has 160 valence electrons. The molecular formula is C23H30N4O3. The maximum atomic E-state index is 12.4. The molecule has 0 fully saturated rings. The smallest absolute Gasteiger partial charge is 0.251 e. The minimum atomic E-state index is -0.239. The number of anilines is 3. The van der Waals surface area contributed by atoms with Crippen LogP contribution in [-0.4, -0.2) is 30.3 Å². The number of amides is 3. The van der Waals surface area contributed by atoms with Gasteiger partial charge in [-0.05, 0) is 56.2 Å². The monoisotopic (exact) mass is 410 g/mol. The molecule has 0 saturated heterocycles. The summed E-state index contributed by atoms with van der Waals surface area (Å²) >= 11 is 0. The van der Waals surface area contributed by atoms with Gasteiger partial charge in [-0.1, -0.05) is 26.0 Å². The van der Waals surface area contributed by atoms with Crippen molar-refractivity contribution >= 4 is 34.8 Å². The Balaban J connectivity index is 1.97. The fourth-order valence-corrected chi connectivity index (χ4v) is 2.73. The second kappa shape index (κ2) is 11.0. The van der Waals surface area contributed by atoms with Crippen molar-refractivity contribution in [2.45, 2.75) is 46.6 Å². The molecular weight excluding hydrogens is 380 g/mol. The van der Waals surface area contributed by atoms with Crippen LogP contribution in [0.5, 0.6) is 0 Å². The van der Waals surface area contributed by atoms with Crippen molar-refractivity contribution in [3.05, 3.63) is 53.6 Å². The van der Waals surface area contributed by atoms with Crippen molar-refractivity contribution < 1.29 is 14.4 Å². The van der Waals surface area contributed by atoms with Crippen molar-refractivity contribution in [2.24, 2.45) is 0 Å². The van der Waals surface area contributed by atoms with Gasteiger partial charge >= 0.3 is 0 Å². The SMILES string of the molecule is CCC(=O)Nc1cccc(NCC(=O)Nc2cccc(C(=O)NC(C)CC)c2)c1C. The number of hydrogen-bond donors (Lipinski definition) is 4. The van der Waals surface area contributed by atoms with Crippen LogP contribution in [0.1, 0.15) is 49.5 Å². The highest BCUT2D eigenvalue weighted by Gasteiger charge is 2.11. The first-order valence-electron chi connectivity index (χ1n) is 10.2. The van der Waals surface area contributed by atoms with Gasteiger partial charge in [-0.25, -0.2) is 0 Å². The molecule has 1 atom stereocenters. The third kappa shape index (κ3) is 6.62. The van der Waals surface area contributed by atoms with Gasteiger partial charge in [0.15, 0.2) is 0 Å². The number of nitrogens with one attached hydrogen (secondary N) is 4. The van der Waals surface area contributed by atoms with Gasteiger partial charge in [-0.15, -0.1) is 0 Å². The Morgan fingerprint density at radius 3 is 2.33 bits per heavy atom. The Labute approximate surface area is 177 Å². The third-order valence-electron chi connectivity index (χ3n) is 4.77. The van der Waals surface area contributed by atoms with Gasteiger partial charge in [0.2, 0.25) is 11.8 Å². The molecule has 0 spiro atoms. The van der Waals surface area contributed by atoms with Gasteiger partial charge < -0.3 is 21.3 Å². The third-order valence-corrected chi connectivity index (χ3v) is 4.77. The molecule has 2 aromatic rings. The summed E-state index contributed by atoms with van der Waals surface area (Å²) < 4.78 is 0. The van der Waals surface area contributed by atoms with E-state index in [4.69, 9.17) is 0 Å². The van der Waals surface area contributed by atoms with E-state index in [0.717, 1.165) is 17.7 Å². The van der Waals surface area contributed by atoms with E-state index in [1.54, 1.807) is 31.2 Å². The topological polar surface area (TPSA) is 99.3 Å². The standard InChI is InChI=1S/C23H30N4O3/c1-5-15(3)25-23(30)17-9-7-10-18(13-17)26-22(29)14-24-19-11-8-12-20(16(19)4)27-21(28)6-2/h7-13,15,24H,5-6,14H2,1-4H3,(H,25,30)(H,26,29)(H,27,28). The van der Waals surface area contributed by atoms with E-state index in [-0.39, 0.29) is 30.3 Å². The first-order valence-corrected chi connectivity index (χ1v) is 10.2. The van der Waals surface area contributed by atoms with Crippen molar-refractivity contribution in [3.8, 4) is 0 Å². The summed E-state index contributed by atoms with van der Waals surface area (Å²) in [7, 11) is 0. The molecule has 0 aliphatic rings. The lowest BCUT2D eigenvalue weighted by atomic mass is 10.1. The Morgan fingerprint density at radius 2 is 1.63 bits per heavy atom. The van der Waals surface area contributed by atoms with Crippen molar-refractivity contribution in [3.63, 3.8) is 0 Å². The summed E-state index contributed by atoms with van der Waals surface area (Å²) in [5.41, 5.74) is 3.39. The van der Waals surface area contributed by atoms with E-state index in [2.05, 4.69) is 21.3 Å². The van der Waals surface area contributed by atoms with E-state index in [1.807, 2.05) is 39.0 Å². The van der Waals surface area contributed by atoms with Crippen LogP contribution in [0.3, 0.4) is 0 Å². The van der Waals surface area contributed by atoms with Crippen LogP contribution >= 0.6 is 0 Å². The highest BCUT2D eigenvalue weighted by Crippen LogP contribution is 2.23. The van der Waals surface area contributed by atoms with Crippen LogP contribution in [0.2, 0.25) is 0 Å². The molecule has 1 unspecified atom stereocenters. The van der Waals surface area contributed by atoms with Crippen LogP contribution in [-0.2, 0) is 9.59 Å². The fraction of sp³-hybridized carbons (Fsp3) is 0.348. The number of hydrogen-bond acceptors (Lipinski definition) is 4. The molecule has 0 aliphatic carbocycles. The molecule has 0 radical (unpaired) electrons. The number of benzene rings is 2. The fourth-order valence-electron chi connectivity index (χ4n) is 2.73. The average Bonchev–Trinajstić information content (AvgIpc) is 2.74. The Morgan fingerprint density at radius 1 is 0.933 bits per heavy atom. The second-order valence-electron chi connectivity index (χ2n) is 7.15. The number of rotatable bonds is 9. The van der Waals surface area contributed by atoms with Crippen LogP contribution in [0.4, 0.5) is 17.1 Å². The normalized spacial score (nSPS) is 11.3. The highest BCUT2D eigenvalue weighted by atomic mass is 16.2. The Hall–Kier alpha value is -3.35. The van der Waals surface area contributed by atoms with E-state index < -0.39 is 0 Å². The van der Waals surface area contributed by atoms with E-state index in [9.17, 15) is 14.4 Å². The van der Waals surface area contributed by atoms with Crippen LogP contribution in [0.25, 0.3) is 0 Å². The molecule has 2 aromatic carbocycles. The minimum Gasteiger partial charge on any atom is -0.376 e. The molecule has 0 aliphatic heterocycles. The lowest BCUT2D eigenvalue weighted by Gasteiger charge is -2.14. The van der Waals surface area contributed by atoms with Gasteiger partial charge in [-0.2, -0.15) is 0 Å². The number of carbonyl (C=O) groups excluding carboxylic acids is 3. The van der Waals surface area contributed by atoms with Gasteiger partial charge in [0.05, 0.1) is 6.54 Å². The van der Waals surface area contributed by atoms with Crippen LogP contribution in [0.15, 0.2) is 42.5 Å². The van der Waals surface area contributed by atoms with Gasteiger partial charge in [0.25, 0.3) is 5.91 Å². The largest absolute Gasteiger partial charge is 0.376 e. The van der Waals surface area contributed by atoms with Crippen molar-refractivity contribution in [2.75, 3.05) is 22.5 Å². The minimum absolute atomic E-state index is 0.0509. The quantitative estimate of drug-likeness (QED) is 0.503. The number of carbonyl (C=O) groups is 3. The molecule has 0 heterocycles. The summed E-state index contributed by atoms with van der Waals surface area (Å²) in [5.74, 6) is -0.470. The second-order valence-corrected chi connectivity index (χ2v) is 7.15. The van der Waals surface area contributed by atoms with Gasteiger partial charge in [0.1, 0.15) is 0 Å². The average molecular weight is 411 g/mol. The summed E-state index contributed by atoms with van der Waals surface area (Å²) in [6, 6.07) is 12.4. The Kier molecular flexibility index (Phi) is 8.41. The highest BCUT2D eigenvalue weighted by molar-refractivity contribution is 5.98. The zero-order valence-electron chi connectivity index (χ0n) is 18.0. The Bertz CT molecular complexity index is 911. The molecule has 7 nitrogen and oxygen atoms in total. The van der Waals surface area contributed by atoms with Crippen LogP contribution in [0, 0.1) is 6.92 Å². The van der Waals surface area contributed by atoms with E-state index >= 15 is 0 Å². The molecule has 3 amide bonds. The maximum Gasteiger partial charge on any atom is 0.251 e. The molecule has 0 saturated carbocycles. The van der Waals surface area contributed by atoms with Crippen molar-refractivity contribution in [1.29, 1.82) is 0 Å². The zero-order valence-corrected chi connectivity index (χ0v) is 18.0.